The molecule has 2 unspecified atom stereocenters. The minimum absolute atomic E-state index is 0.320. The highest BCUT2D eigenvalue weighted by Gasteiger charge is 2.23. The molecule has 1 aliphatic rings. The molecule has 1 N–H and O–H groups in total. The highest BCUT2D eigenvalue weighted by Crippen LogP contribution is 2.30. The van der Waals surface area contributed by atoms with E-state index in [1.165, 1.54) is 25.7 Å². The molecule has 0 saturated heterocycles. The van der Waals surface area contributed by atoms with Crippen molar-refractivity contribution < 1.29 is 9.53 Å². The summed E-state index contributed by atoms with van der Waals surface area (Å²) in [6, 6.07) is 0.474. The number of hydrogen-bond acceptors (Lipinski definition) is 6. The maximum absolute atomic E-state index is 11.8. The van der Waals surface area contributed by atoms with Crippen LogP contribution in [-0.2, 0) is 4.74 Å². The zero-order chi connectivity index (χ0) is 14.5. The Morgan fingerprint density at radius 2 is 2.35 bits per heavy atom. The summed E-state index contributed by atoms with van der Waals surface area (Å²) in [6.07, 6.45) is 7.11. The summed E-state index contributed by atoms with van der Waals surface area (Å²) >= 11 is 3.49. The molecule has 0 amide bonds. The van der Waals surface area contributed by atoms with E-state index < -0.39 is 0 Å². The van der Waals surface area contributed by atoms with Crippen molar-refractivity contribution in [2.45, 2.75) is 50.8 Å². The molecule has 1 saturated carbocycles. The normalized spacial score (nSPS) is 22.6. The predicted octanol–water partition coefficient (Wildman–Crippen LogP) is 3.71. The topological polar surface area (TPSA) is 51.2 Å². The van der Waals surface area contributed by atoms with Gasteiger partial charge in [0.15, 0.2) is 10.8 Å². The number of anilines is 1. The number of ether oxygens (including phenoxy) is 1. The fourth-order valence-electron chi connectivity index (χ4n) is 2.51. The Balaban J connectivity index is 1.99. The summed E-state index contributed by atoms with van der Waals surface area (Å²) in [5, 5.41) is 5.08. The van der Waals surface area contributed by atoms with E-state index in [9.17, 15) is 4.79 Å². The summed E-state index contributed by atoms with van der Waals surface area (Å²) in [4.78, 5) is 17.1. The second-order valence-corrected chi connectivity index (χ2v) is 7.35. The Morgan fingerprint density at radius 3 is 3.05 bits per heavy atom. The van der Waals surface area contributed by atoms with Gasteiger partial charge in [0.25, 0.3) is 0 Å². The van der Waals surface area contributed by atoms with Crippen LogP contribution >= 0.6 is 23.1 Å². The number of nitrogens with one attached hydrogen (secondary N) is 1. The molecule has 0 bridgehead atoms. The van der Waals surface area contributed by atoms with E-state index >= 15 is 0 Å². The lowest BCUT2D eigenvalue weighted by molar-refractivity contribution is 0.0519. The number of thioether (sulfide) groups is 1. The molecule has 20 heavy (non-hydrogen) atoms. The van der Waals surface area contributed by atoms with E-state index in [0.29, 0.717) is 18.3 Å². The molecule has 0 radical (unpaired) electrons. The van der Waals surface area contributed by atoms with E-state index in [1.807, 2.05) is 25.6 Å². The standard InChI is InChI=1S/C14H22N2O2S2/c1-4-18-13(17)12-9(2)20-14(16-12)15-10-6-5-7-11(8-10)19-3/h10-11H,4-8H2,1-3H3,(H,15,16). The summed E-state index contributed by atoms with van der Waals surface area (Å²) in [6.45, 7) is 4.11. The average molecular weight is 314 g/mol. The Labute approximate surface area is 128 Å². The van der Waals surface area contributed by atoms with Crippen molar-refractivity contribution in [3.8, 4) is 0 Å². The molecule has 0 spiro atoms. The Morgan fingerprint density at radius 1 is 1.55 bits per heavy atom. The number of hydrogen-bond donors (Lipinski definition) is 1. The highest BCUT2D eigenvalue weighted by atomic mass is 32.2. The molecule has 0 aromatic carbocycles. The molecule has 4 nitrogen and oxygen atoms in total. The number of carbonyl (C=O) groups excluding carboxylic acids is 1. The van der Waals surface area contributed by atoms with Gasteiger partial charge in [-0.15, -0.1) is 11.3 Å². The first-order valence-corrected chi connectivity index (χ1v) is 9.18. The van der Waals surface area contributed by atoms with Gasteiger partial charge in [0.2, 0.25) is 0 Å². The van der Waals surface area contributed by atoms with Crippen molar-refractivity contribution >= 4 is 34.2 Å². The first-order chi connectivity index (χ1) is 9.63. The van der Waals surface area contributed by atoms with E-state index in [2.05, 4.69) is 16.6 Å². The zero-order valence-electron chi connectivity index (χ0n) is 12.3. The van der Waals surface area contributed by atoms with Crippen LogP contribution < -0.4 is 5.32 Å². The third-order valence-corrected chi connectivity index (χ3v) is 5.55. The summed E-state index contributed by atoms with van der Waals surface area (Å²) in [7, 11) is 0. The first-order valence-electron chi connectivity index (χ1n) is 7.08. The number of aromatic nitrogens is 1. The van der Waals surface area contributed by atoms with Gasteiger partial charge in [-0.2, -0.15) is 11.8 Å². The SMILES string of the molecule is CCOC(=O)c1nc(NC2CCCC(SC)C2)sc1C. The smallest absolute Gasteiger partial charge is 0.358 e. The van der Waals surface area contributed by atoms with Crippen LogP contribution in [0.2, 0.25) is 0 Å². The van der Waals surface area contributed by atoms with Crippen LogP contribution in [0.4, 0.5) is 5.13 Å². The summed E-state index contributed by atoms with van der Waals surface area (Å²) < 4.78 is 5.02. The maximum atomic E-state index is 11.8. The van der Waals surface area contributed by atoms with Crippen molar-refractivity contribution in [3.63, 3.8) is 0 Å². The Hall–Kier alpha value is -0.750. The van der Waals surface area contributed by atoms with Crippen molar-refractivity contribution in [1.82, 2.24) is 4.98 Å². The zero-order valence-corrected chi connectivity index (χ0v) is 13.9. The number of rotatable bonds is 5. The van der Waals surface area contributed by atoms with Gasteiger partial charge in [-0.25, -0.2) is 9.78 Å². The van der Waals surface area contributed by atoms with Crippen molar-refractivity contribution in [3.05, 3.63) is 10.6 Å². The first kappa shape index (κ1) is 15.6. The minimum atomic E-state index is -0.320. The maximum Gasteiger partial charge on any atom is 0.358 e. The number of nitrogens with zero attached hydrogens (tertiary/aromatic N) is 1. The van der Waals surface area contributed by atoms with Gasteiger partial charge in [0.05, 0.1) is 6.61 Å². The quantitative estimate of drug-likeness (QED) is 0.840. The molecular formula is C14H22N2O2S2. The molecule has 1 aliphatic carbocycles. The van der Waals surface area contributed by atoms with E-state index in [1.54, 1.807) is 11.3 Å². The average Bonchev–Trinajstić information content (AvgIpc) is 2.80. The minimum Gasteiger partial charge on any atom is -0.461 e. The second-order valence-electron chi connectivity index (χ2n) is 5.01. The van der Waals surface area contributed by atoms with Crippen LogP contribution in [0, 0.1) is 6.92 Å². The van der Waals surface area contributed by atoms with Gasteiger partial charge >= 0.3 is 5.97 Å². The third kappa shape index (κ3) is 3.88. The fourth-order valence-corrected chi connectivity index (χ4v) is 4.22. The third-order valence-electron chi connectivity index (χ3n) is 3.55. The molecule has 1 aromatic heterocycles. The molecule has 1 fully saturated rings. The Bertz CT molecular complexity index is 462. The van der Waals surface area contributed by atoms with Gasteiger partial charge in [-0.05, 0) is 39.4 Å². The second kappa shape index (κ2) is 7.31. The molecule has 2 atom stereocenters. The van der Waals surface area contributed by atoms with Gasteiger partial charge in [-0.3, -0.25) is 0 Å². The van der Waals surface area contributed by atoms with Crippen LogP contribution in [0.25, 0.3) is 0 Å². The number of carbonyl (C=O) groups is 1. The lowest BCUT2D eigenvalue weighted by atomic mass is 9.95. The van der Waals surface area contributed by atoms with Gasteiger partial charge in [0, 0.05) is 16.2 Å². The van der Waals surface area contributed by atoms with Gasteiger partial charge < -0.3 is 10.1 Å². The fraction of sp³-hybridized carbons (Fsp3) is 0.714. The molecule has 6 heteroatoms. The number of esters is 1. The van der Waals surface area contributed by atoms with E-state index in [0.717, 1.165) is 15.3 Å². The van der Waals surface area contributed by atoms with Gasteiger partial charge in [0.1, 0.15) is 0 Å². The lowest BCUT2D eigenvalue weighted by Gasteiger charge is -2.28. The number of thiazole rings is 1. The molecule has 112 valence electrons. The van der Waals surface area contributed by atoms with Gasteiger partial charge in [-0.1, -0.05) is 6.42 Å². The molecule has 0 aliphatic heterocycles. The Kier molecular flexibility index (Phi) is 5.72. The van der Waals surface area contributed by atoms with E-state index in [4.69, 9.17) is 4.74 Å². The van der Waals surface area contributed by atoms with Crippen molar-refractivity contribution in [2.24, 2.45) is 0 Å². The van der Waals surface area contributed by atoms with Crippen molar-refractivity contribution in [2.75, 3.05) is 18.2 Å². The summed E-state index contributed by atoms with van der Waals surface area (Å²) in [5.41, 5.74) is 0.455. The van der Waals surface area contributed by atoms with E-state index in [-0.39, 0.29) is 5.97 Å². The largest absolute Gasteiger partial charge is 0.461 e. The van der Waals surface area contributed by atoms with Crippen LogP contribution in [0.3, 0.4) is 0 Å². The van der Waals surface area contributed by atoms with Crippen LogP contribution in [-0.4, -0.2) is 35.1 Å². The monoisotopic (exact) mass is 314 g/mol. The number of aryl methyl sites for hydroxylation is 1. The molecule has 1 aromatic rings. The van der Waals surface area contributed by atoms with Crippen LogP contribution in [0.1, 0.15) is 48.0 Å². The highest BCUT2D eigenvalue weighted by molar-refractivity contribution is 7.99. The van der Waals surface area contributed by atoms with Crippen molar-refractivity contribution in [1.29, 1.82) is 0 Å². The predicted molar refractivity (Wildman–Crippen MR) is 86.0 cm³/mol. The molecular weight excluding hydrogens is 292 g/mol. The van der Waals surface area contributed by atoms with Crippen LogP contribution in [0.15, 0.2) is 0 Å². The summed E-state index contributed by atoms with van der Waals surface area (Å²) in [5.74, 6) is -0.320. The molecule has 1 heterocycles. The molecule has 2 rings (SSSR count). The lowest BCUT2D eigenvalue weighted by Crippen LogP contribution is -2.28. The van der Waals surface area contributed by atoms with Crippen LogP contribution in [0.5, 0.6) is 0 Å².